The summed E-state index contributed by atoms with van der Waals surface area (Å²) in [5, 5.41) is 7.27. The largest absolute Gasteiger partial charge is 0.455 e. The molecule has 11 aromatic rings. The summed E-state index contributed by atoms with van der Waals surface area (Å²) in [6, 6.07) is 58.2. The SMILES string of the molecule is c1ccc(-c2nc(Cc3cccc4sc5ccc(-c6ccc7c8c(cccc68)-c6ccccc6-7)cc5c34)nc(-c3cccc4c3oc3ccccc34)n2)cc1. The summed E-state index contributed by atoms with van der Waals surface area (Å²) in [7, 11) is 0. The highest BCUT2D eigenvalue weighted by atomic mass is 32.1. The van der Waals surface area contributed by atoms with Crippen LogP contribution in [0.25, 0.3) is 109 Å². The number of furan rings is 1. The Balaban J connectivity index is 1.01. The molecular formula is C50H29N3OS. The fraction of sp³-hybridized carbons (Fsp3) is 0.0200. The van der Waals surface area contributed by atoms with Crippen LogP contribution in [0.15, 0.2) is 168 Å². The first-order chi connectivity index (χ1) is 27.2. The first-order valence-electron chi connectivity index (χ1n) is 18.6. The first-order valence-corrected chi connectivity index (χ1v) is 19.4. The number of benzene rings is 8. The summed E-state index contributed by atoms with van der Waals surface area (Å²) in [5.41, 5.74) is 12.4. The summed E-state index contributed by atoms with van der Waals surface area (Å²) in [6.07, 6.45) is 0.554. The minimum Gasteiger partial charge on any atom is -0.455 e. The lowest BCUT2D eigenvalue weighted by Crippen LogP contribution is -2.04. The van der Waals surface area contributed by atoms with Crippen molar-refractivity contribution in [2.45, 2.75) is 6.42 Å². The van der Waals surface area contributed by atoms with Gasteiger partial charge in [0.2, 0.25) is 0 Å². The van der Waals surface area contributed by atoms with Gasteiger partial charge in [-0.25, -0.2) is 15.0 Å². The van der Waals surface area contributed by atoms with E-state index in [9.17, 15) is 0 Å². The average molecular weight is 720 g/mol. The number of thiophene rings is 1. The Morgan fingerprint density at radius 3 is 2.00 bits per heavy atom. The molecule has 0 amide bonds. The van der Waals surface area contributed by atoms with Gasteiger partial charge < -0.3 is 4.42 Å². The lowest BCUT2D eigenvalue weighted by Gasteiger charge is -2.11. The molecule has 0 saturated heterocycles. The molecule has 8 aromatic carbocycles. The molecule has 0 radical (unpaired) electrons. The third-order valence-corrected chi connectivity index (χ3v) is 12.3. The van der Waals surface area contributed by atoms with E-state index in [2.05, 4.69) is 121 Å². The second-order valence-electron chi connectivity index (χ2n) is 14.3. The third kappa shape index (κ3) is 4.67. The quantitative estimate of drug-likeness (QED) is 0.178. The van der Waals surface area contributed by atoms with Crippen LogP contribution in [0, 0.1) is 0 Å². The van der Waals surface area contributed by atoms with Crippen molar-refractivity contribution >= 4 is 64.2 Å². The van der Waals surface area contributed by atoms with Gasteiger partial charge in [-0.15, -0.1) is 11.3 Å². The number of rotatable bonds is 5. The van der Waals surface area contributed by atoms with Crippen LogP contribution in [-0.2, 0) is 6.42 Å². The van der Waals surface area contributed by atoms with E-state index >= 15 is 0 Å². The van der Waals surface area contributed by atoms with Crippen LogP contribution in [0.4, 0.5) is 0 Å². The van der Waals surface area contributed by atoms with E-state index in [1.54, 1.807) is 0 Å². The second kappa shape index (κ2) is 11.8. The maximum atomic E-state index is 6.45. The predicted octanol–water partition coefficient (Wildman–Crippen LogP) is 13.5. The molecule has 0 unspecified atom stereocenters. The van der Waals surface area contributed by atoms with Gasteiger partial charge in [0.25, 0.3) is 0 Å². The van der Waals surface area contributed by atoms with Gasteiger partial charge in [0.1, 0.15) is 17.0 Å². The molecule has 0 bridgehead atoms. The van der Waals surface area contributed by atoms with E-state index < -0.39 is 0 Å². The number of hydrogen-bond acceptors (Lipinski definition) is 5. The standard InChI is InChI=1S/C50H29N3OS/c1-2-11-29(12-3-1)49-51-45(52-50(53-49)40-20-10-19-39-35-16-6-7-21-42(35)54-48(39)40)28-31-13-8-22-44-46(31)41-27-30(23-26-43(41)55-44)32-24-25-38-34-15-5-4-14-33(34)37-18-9-17-36(32)47(37)38/h1-27H,28H2. The van der Waals surface area contributed by atoms with Crippen LogP contribution in [0.3, 0.4) is 0 Å². The van der Waals surface area contributed by atoms with Gasteiger partial charge >= 0.3 is 0 Å². The minimum atomic E-state index is 0.554. The smallest absolute Gasteiger partial charge is 0.167 e. The van der Waals surface area contributed by atoms with Gasteiger partial charge in [0.05, 0.1) is 5.56 Å². The zero-order valence-corrected chi connectivity index (χ0v) is 30.3. The Morgan fingerprint density at radius 2 is 1.11 bits per heavy atom. The highest BCUT2D eigenvalue weighted by Crippen LogP contribution is 2.50. The van der Waals surface area contributed by atoms with E-state index in [0.29, 0.717) is 23.9 Å². The van der Waals surface area contributed by atoms with Gasteiger partial charge in [0.15, 0.2) is 11.6 Å². The maximum absolute atomic E-state index is 6.45. The Morgan fingerprint density at radius 1 is 0.418 bits per heavy atom. The fourth-order valence-corrected chi connectivity index (χ4v) is 9.84. The van der Waals surface area contributed by atoms with Crippen LogP contribution in [-0.4, -0.2) is 15.0 Å². The van der Waals surface area contributed by atoms with Crippen molar-refractivity contribution < 1.29 is 4.42 Å². The number of aromatic nitrogens is 3. The summed E-state index contributed by atoms with van der Waals surface area (Å²) < 4.78 is 8.97. The van der Waals surface area contributed by atoms with E-state index in [4.69, 9.17) is 19.4 Å². The number of fused-ring (bicyclic) bond motifs is 9. The predicted molar refractivity (Wildman–Crippen MR) is 227 cm³/mol. The third-order valence-electron chi connectivity index (χ3n) is 11.1. The average Bonchev–Trinajstić information content (AvgIpc) is 3.92. The van der Waals surface area contributed by atoms with E-state index in [1.165, 1.54) is 69.9 Å². The van der Waals surface area contributed by atoms with Crippen molar-refractivity contribution in [1.29, 1.82) is 0 Å². The summed E-state index contributed by atoms with van der Waals surface area (Å²) in [4.78, 5) is 15.3. The molecule has 1 aliphatic carbocycles. The Kier molecular flexibility index (Phi) is 6.53. The molecule has 55 heavy (non-hydrogen) atoms. The molecule has 256 valence electrons. The van der Waals surface area contributed by atoms with E-state index in [1.807, 2.05) is 53.8 Å². The normalized spacial score (nSPS) is 12.1. The van der Waals surface area contributed by atoms with Crippen molar-refractivity contribution in [2.75, 3.05) is 0 Å². The summed E-state index contributed by atoms with van der Waals surface area (Å²) >= 11 is 1.84. The zero-order chi connectivity index (χ0) is 36.0. The number of hydrogen-bond donors (Lipinski definition) is 0. The van der Waals surface area contributed by atoms with Crippen molar-refractivity contribution in [3.05, 3.63) is 175 Å². The molecule has 0 atom stereocenters. The molecular weight excluding hydrogens is 691 g/mol. The molecule has 0 saturated carbocycles. The van der Waals surface area contributed by atoms with Crippen LogP contribution in [0.5, 0.6) is 0 Å². The van der Waals surface area contributed by atoms with Crippen LogP contribution < -0.4 is 0 Å². The molecule has 3 heterocycles. The summed E-state index contributed by atoms with van der Waals surface area (Å²) in [5.74, 6) is 1.96. The van der Waals surface area contributed by atoms with Crippen molar-refractivity contribution in [3.8, 4) is 56.2 Å². The van der Waals surface area contributed by atoms with Crippen LogP contribution in [0.1, 0.15) is 11.4 Å². The Hall–Kier alpha value is -6.95. The van der Waals surface area contributed by atoms with Crippen LogP contribution >= 0.6 is 11.3 Å². The molecule has 4 nitrogen and oxygen atoms in total. The molecule has 12 rings (SSSR count). The number of nitrogens with zero attached hydrogens (tertiary/aromatic N) is 3. The molecule has 0 N–H and O–H groups in total. The number of para-hydroxylation sites is 2. The molecule has 0 aliphatic heterocycles. The lowest BCUT2D eigenvalue weighted by molar-refractivity contribution is 0.669. The topological polar surface area (TPSA) is 51.8 Å². The van der Waals surface area contributed by atoms with Gasteiger partial charge in [-0.3, -0.25) is 0 Å². The molecule has 0 fully saturated rings. The van der Waals surface area contributed by atoms with Crippen molar-refractivity contribution in [1.82, 2.24) is 15.0 Å². The van der Waals surface area contributed by atoms with Gasteiger partial charge in [0, 0.05) is 42.9 Å². The van der Waals surface area contributed by atoms with Crippen molar-refractivity contribution in [3.63, 3.8) is 0 Å². The zero-order valence-electron chi connectivity index (χ0n) is 29.5. The summed E-state index contributed by atoms with van der Waals surface area (Å²) in [6.45, 7) is 0. The highest BCUT2D eigenvalue weighted by Gasteiger charge is 2.23. The van der Waals surface area contributed by atoms with Crippen LogP contribution in [0.2, 0.25) is 0 Å². The lowest BCUT2D eigenvalue weighted by atomic mass is 9.93. The minimum absolute atomic E-state index is 0.554. The molecule has 1 aliphatic rings. The maximum Gasteiger partial charge on any atom is 0.167 e. The van der Waals surface area contributed by atoms with E-state index in [0.717, 1.165) is 33.1 Å². The van der Waals surface area contributed by atoms with Gasteiger partial charge in [-0.1, -0.05) is 133 Å². The van der Waals surface area contributed by atoms with Crippen molar-refractivity contribution in [2.24, 2.45) is 0 Å². The highest BCUT2D eigenvalue weighted by molar-refractivity contribution is 7.25. The van der Waals surface area contributed by atoms with Gasteiger partial charge in [-0.05, 0) is 80.0 Å². The monoisotopic (exact) mass is 719 g/mol. The van der Waals surface area contributed by atoms with Gasteiger partial charge in [-0.2, -0.15) is 0 Å². The Labute approximate surface area is 320 Å². The Bertz CT molecular complexity index is 3330. The second-order valence-corrected chi connectivity index (χ2v) is 15.3. The fourth-order valence-electron chi connectivity index (χ4n) is 8.70. The molecule has 0 spiro atoms. The first kappa shape index (κ1) is 30.5. The molecule has 5 heteroatoms. The van der Waals surface area contributed by atoms with E-state index in [-0.39, 0.29) is 0 Å². The molecule has 3 aromatic heterocycles.